The van der Waals surface area contributed by atoms with Crippen LogP contribution in [0.15, 0.2) is 30.3 Å². The smallest absolute Gasteiger partial charge is 0.253 e. The Bertz CT molecular complexity index is 724. The molecule has 0 aliphatic carbocycles. The molecule has 6 nitrogen and oxygen atoms in total. The average molecular weight is 401 g/mol. The highest BCUT2D eigenvalue weighted by atomic mass is 35.5. The zero-order valence-electron chi connectivity index (χ0n) is 13.7. The van der Waals surface area contributed by atoms with Crippen LogP contribution in [-0.2, 0) is 9.59 Å². The number of anilines is 1. The number of amides is 2. The Morgan fingerprint density at radius 2 is 1.84 bits per heavy atom. The number of benzene rings is 1. The molecule has 0 aliphatic rings. The number of aromatic nitrogens is 2. The van der Waals surface area contributed by atoms with Gasteiger partial charge in [-0.15, -0.1) is 10.2 Å². The summed E-state index contributed by atoms with van der Waals surface area (Å²) in [6.45, 7) is 3.78. The standard InChI is InChI=1S/C16H18Cl2N4O2S/c1-3-9(2)11(19-14(24)12(17)18)13(23)20-16-22-21-15(25-16)10-7-5-4-6-8-10/h4-9,11-12H,3H2,1-2H3,(H,19,24)(H,20,22,23)/t9-,11+/m0/s1. The van der Waals surface area contributed by atoms with Crippen LogP contribution in [0.1, 0.15) is 20.3 Å². The molecule has 25 heavy (non-hydrogen) atoms. The Kier molecular flexibility index (Phi) is 7.16. The quantitative estimate of drug-likeness (QED) is 0.696. The Labute approximate surface area is 159 Å². The molecular weight excluding hydrogens is 383 g/mol. The summed E-state index contributed by atoms with van der Waals surface area (Å²) >= 11 is 12.4. The van der Waals surface area contributed by atoms with Gasteiger partial charge < -0.3 is 5.32 Å². The maximum atomic E-state index is 12.5. The van der Waals surface area contributed by atoms with E-state index in [0.29, 0.717) is 16.6 Å². The molecule has 2 rings (SSSR count). The number of nitrogens with one attached hydrogen (secondary N) is 2. The zero-order valence-corrected chi connectivity index (χ0v) is 16.0. The van der Waals surface area contributed by atoms with E-state index in [0.717, 1.165) is 5.56 Å². The average Bonchev–Trinajstić information content (AvgIpc) is 3.07. The molecule has 2 N–H and O–H groups in total. The summed E-state index contributed by atoms with van der Waals surface area (Å²) in [6, 6.07) is 8.77. The monoisotopic (exact) mass is 400 g/mol. The van der Waals surface area contributed by atoms with Crippen LogP contribution in [0.25, 0.3) is 10.6 Å². The fourth-order valence-corrected chi connectivity index (χ4v) is 2.95. The second-order valence-electron chi connectivity index (χ2n) is 5.44. The number of rotatable bonds is 7. The molecule has 134 valence electrons. The number of carbonyl (C=O) groups excluding carboxylic acids is 2. The summed E-state index contributed by atoms with van der Waals surface area (Å²) in [7, 11) is 0. The third-order valence-electron chi connectivity index (χ3n) is 3.67. The van der Waals surface area contributed by atoms with E-state index >= 15 is 0 Å². The Hall–Kier alpha value is -1.70. The third kappa shape index (κ3) is 5.39. The van der Waals surface area contributed by atoms with Crippen molar-refractivity contribution in [3.05, 3.63) is 30.3 Å². The van der Waals surface area contributed by atoms with Crippen molar-refractivity contribution < 1.29 is 9.59 Å². The Morgan fingerprint density at radius 1 is 1.16 bits per heavy atom. The molecule has 2 aromatic rings. The van der Waals surface area contributed by atoms with Crippen molar-refractivity contribution in [1.82, 2.24) is 15.5 Å². The lowest BCUT2D eigenvalue weighted by Gasteiger charge is -2.23. The van der Waals surface area contributed by atoms with Gasteiger partial charge in [0.2, 0.25) is 11.0 Å². The van der Waals surface area contributed by atoms with Crippen molar-refractivity contribution in [3.8, 4) is 10.6 Å². The van der Waals surface area contributed by atoms with Gasteiger partial charge in [-0.1, -0.05) is 85.1 Å². The second kappa shape index (κ2) is 9.12. The van der Waals surface area contributed by atoms with Crippen LogP contribution in [0.3, 0.4) is 0 Å². The fraction of sp³-hybridized carbons (Fsp3) is 0.375. The van der Waals surface area contributed by atoms with Gasteiger partial charge in [0.1, 0.15) is 11.0 Å². The van der Waals surface area contributed by atoms with Crippen LogP contribution in [-0.4, -0.2) is 32.9 Å². The lowest BCUT2D eigenvalue weighted by molar-refractivity contribution is -0.126. The Morgan fingerprint density at radius 3 is 2.44 bits per heavy atom. The highest BCUT2D eigenvalue weighted by molar-refractivity contribution is 7.18. The Balaban J connectivity index is 2.10. The molecule has 0 saturated heterocycles. The minimum Gasteiger partial charge on any atom is -0.342 e. The summed E-state index contributed by atoms with van der Waals surface area (Å²) in [4.78, 5) is 23.1. The van der Waals surface area contributed by atoms with E-state index in [1.165, 1.54) is 11.3 Å². The molecule has 0 fully saturated rings. The molecule has 2 atom stereocenters. The summed E-state index contributed by atoms with van der Waals surface area (Å²) in [5.74, 6) is -1.09. The molecule has 1 heterocycles. The van der Waals surface area contributed by atoms with Gasteiger partial charge in [-0.3, -0.25) is 14.9 Å². The molecule has 0 bridgehead atoms. The van der Waals surface area contributed by atoms with Crippen molar-refractivity contribution in [1.29, 1.82) is 0 Å². The molecular formula is C16H18Cl2N4O2S. The SMILES string of the molecule is CC[C@H](C)[C@@H](NC(=O)C(Cl)Cl)C(=O)Nc1nnc(-c2ccccc2)s1. The third-order valence-corrected chi connectivity index (χ3v) is 4.95. The first-order valence-electron chi connectivity index (χ1n) is 7.70. The van der Waals surface area contributed by atoms with Gasteiger partial charge in [0.15, 0.2) is 4.84 Å². The predicted octanol–water partition coefficient (Wildman–Crippen LogP) is 3.48. The van der Waals surface area contributed by atoms with Gasteiger partial charge in [-0.25, -0.2) is 0 Å². The van der Waals surface area contributed by atoms with Crippen molar-refractivity contribution in [2.75, 3.05) is 5.32 Å². The first-order chi connectivity index (χ1) is 11.9. The van der Waals surface area contributed by atoms with E-state index in [9.17, 15) is 9.59 Å². The van der Waals surface area contributed by atoms with Gasteiger partial charge >= 0.3 is 0 Å². The van der Waals surface area contributed by atoms with Gasteiger partial charge in [0, 0.05) is 5.56 Å². The molecule has 0 spiro atoms. The molecule has 0 saturated carbocycles. The molecule has 1 aromatic heterocycles. The van der Waals surface area contributed by atoms with Crippen LogP contribution in [0.5, 0.6) is 0 Å². The van der Waals surface area contributed by atoms with Crippen LogP contribution in [0.4, 0.5) is 5.13 Å². The predicted molar refractivity (Wildman–Crippen MR) is 101 cm³/mol. The van der Waals surface area contributed by atoms with E-state index < -0.39 is 16.8 Å². The first-order valence-corrected chi connectivity index (χ1v) is 9.39. The van der Waals surface area contributed by atoms with E-state index in [2.05, 4.69) is 20.8 Å². The van der Waals surface area contributed by atoms with Crippen molar-refractivity contribution in [3.63, 3.8) is 0 Å². The number of alkyl halides is 2. The largest absolute Gasteiger partial charge is 0.342 e. The zero-order chi connectivity index (χ0) is 18.4. The number of hydrogen-bond donors (Lipinski definition) is 2. The maximum absolute atomic E-state index is 12.5. The van der Waals surface area contributed by atoms with Crippen LogP contribution in [0, 0.1) is 5.92 Å². The summed E-state index contributed by atoms with van der Waals surface area (Å²) in [6.07, 6.45) is 0.693. The number of nitrogens with zero attached hydrogens (tertiary/aromatic N) is 2. The molecule has 2 amide bonds. The second-order valence-corrected chi connectivity index (χ2v) is 7.51. The summed E-state index contributed by atoms with van der Waals surface area (Å²) in [5.41, 5.74) is 0.916. The van der Waals surface area contributed by atoms with E-state index in [4.69, 9.17) is 23.2 Å². The topological polar surface area (TPSA) is 84.0 Å². The molecule has 0 unspecified atom stereocenters. The lowest BCUT2D eigenvalue weighted by Crippen LogP contribution is -2.49. The van der Waals surface area contributed by atoms with Crippen molar-refractivity contribution in [2.24, 2.45) is 5.92 Å². The minimum atomic E-state index is -1.23. The van der Waals surface area contributed by atoms with Crippen LogP contribution in [0.2, 0.25) is 0 Å². The molecule has 1 aromatic carbocycles. The number of halogens is 2. The molecule has 0 aliphatic heterocycles. The highest BCUT2D eigenvalue weighted by Crippen LogP contribution is 2.26. The van der Waals surface area contributed by atoms with E-state index in [1.54, 1.807) is 0 Å². The van der Waals surface area contributed by atoms with Gasteiger partial charge in [0.05, 0.1) is 0 Å². The van der Waals surface area contributed by atoms with Crippen LogP contribution >= 0.6 is 34.5 Å². The number of carbonyl (C=O) groups is 2. The first kappa shape index (κ1) is 19.6. The highest BCUT2D eigenvalue weighted by Gasteiger charge is 2.28. The van der Waals surface area contributed by atoms with E-state index in [1.807, 2.05) is 44.2 Å². The minimum absolute atomic E-state index is 0.0995. The summed E-state index contributed by atoms with van der Waals surface area (Å²) in [5, 5.41) is 14.4. The van der Waals surface area contributed by atoms with Gasteiger partial charge in [0.25, 0.3) is 5.91 Å². The number of hydrogen-bond acceptors (Lipinski definition) is 5. The van der Waals surface area contributed by atoms with Crippen molar-refractivity contribution >= 4 is 51.5 Å². The van der Waals surface area contributed by atoms with Gasteiger partial charge in [-0.05, 0) is 5.92 Å². The fourth-order valence-electron chi connectivity index (χ4n) is 2.07. The lowest BCUT2D eigenvalue weighted by atomic mass is 9.98. The van der Waals surface area contributed by atoms with E-state index in [-0.39, 0.29) is 11.8 Å². The van der Waals surface area contributed by atoms with Gasteiger partial charge in [-0.2, -0.15) is 0 Å². The maximum Gasteiger partial charge on any atom is 0.253 e. The summed E-state index contributed by atoms with van der Waals surface area (Å²) < 4.78 is 0. The molecule has 0 radical (unpaired) electrons. The van der Waals surface area contributed by atoms with Crippen molar-refractivity contribution in [2.45, 2.75) is 31.1 Å². The molecule has 9 heteroatoms. The van der Waals surface area contributed by atoms with Crippen LogP contribution < -0.4 is 10.6 Å². The normalized spacial score (nSPS) is 13.3.